The smallest absolute Gasteiger partial charge is 0.407 e. The molecule has 1 amide bonds. The first kappa shape index (κ1) is 28.6. The maximum absolute atomic E-state index is 12.1. The third-order valence-corrected chi connectivity index (χ3v) is 9.44. The summed E-state index contributed by atoms with van der Waals surface area (Å²) in [6.07, 6.45) is 10.5. The summed E-state index contributed by atoms with van der Waals surface area (Å²) in [7, 11) is 0. The van der Waals surface area contributed by atoms with Crippen LogP contribution in [0, 0.1) is 5.41 Å². The van der Waals surface area contributed by atoms with E-state index in [4.69, 9.17) is 19.8 Å². The molecule has 0 saturated carbocycles. The van der Waals surface area contributed by atoms with Crippen molar-refractivity contribution in [3.8, 4) is 0 Å². The molecular formula is C31H44N8O3. The molecule has 3 aromatic rings. The molecule has 0 aromatic carbocycles. The van der Waals surface area contributed by atoms with Crippen molar-refractivity contribution in [2.75, 3.05) is 42.6 Å². The number of aromatic nitrogens is 5. The lowest BCUT2D eigenvalue weighted by molar-refractivity contribution is -0.0368. The Morgan fingerprint density at radius 3 is 2.67 bits per heavy atom. The fourth-order valence-corrected chi connectivity index (χ4v) is 6.71. The van der Waals surface area contributed by atoms with Crippen molar-refractivity contribution in [1.29, 1.82) is 0 Å². The van der Waals surface area contributed by atoms with Gasteiger partial charge in [0.05, 0.1) is 17.6 Å². The number of ether oxygens (including phenoxy) is 1. The summed E-state index contributed by atoms with van der Waals surface area (Å²) in [5, 5.41) is 15.1. The third kappa shape index (κ3) is 5.39. The van der Waals surface area contributed by atoms with Crippen LogP contribution in [0.2, 0.25) is 0 Å². The van der Waals surface area contributed by atoms with Crippen molar-refractivity contribution in [1.82, 2.24) is 29.6 Å². The Morgan fingerprint density at radius 2 is 1.98 bits per heavy atom. The maximum atomic E-state index is 12.1. The molecule has 2 fully saturated rings. The Labute approximate surface area is 247 Å². The second-order valence-corrected chi connectivity index (χ2v) is 13.1. The van der Waals surface area contributed by atoms with Crippen molar-refractivity contribution >= 4 is 34.6 Å². The lowest BCUT2D eigenvalue weighted by Crippen LogP contribution is -2.53. The molecule has 1 N–H and O–H groups in total. The van der Waals surface area contributed by atoms with Gasteiger partial charge in [0.2, 0.25) is 0 Å². The minimum atomic E-state index is -0.852. The molecule has 0 spiro atoms. The van der Waals surface area contributed by atoms with Crippen LogP contribution in [0.3, 0.4) is 0 Å². The summed E-state index contributed by atoms with van der Waals surface area (Å²) >= 11 is 0. The first-order chi connectivity index (χ1) is 20.2. The van der Waals surface area contributed by atoms with Crippen LogP contribution in [-0.2, 0) is 11.2 Å². The summed E-state index contributed by atoms with van der Waals surface area (Å²) in [5.41, 5.74) is 3.22. The minimum absolute atomic E-state index is 0.0553. The quantitative estimate of drug-likeness (QED) is 0.390. The molecule has 0 aliphatic carbocycles. The Hall–Kier alpha value is -3.47. The maximum Gasteiger partial charge on any atom is 0.407 e. The van der Waals surface area contributed by atoms with Crippen LogP contribution in [0.1, 0.15) is 84.6 Å². The molecule has 1 atom stereocenters. The summed E-state index contributed by atoms with van der Waals surface area (Å²) < 4.78 is 8.15. The summed E-state index contributed by atoms with van der Waals surface area (Å²) in [5.74, 6) is 1.65. The Kier molecular flexibility index (Phi) is 7.72. The Bertz CT molecular complexity index is 1420. The molecule has 6 rings (SSSR count). The van der Waals surface area contributed by atoms with Gasteiger partial charge in [0, 0.05) is 44.5 Å². The van der Waals surface area contributed by atoms with Crippen molar-refractivity contribution in [2.24, 2.45) is 5.41 Å². The van der Waals surface area contributed by atoms with Crippen LogP contribution in [0.25, 0.3) is 11.2 Å². The third-order valence-electron chi connectivity index (χ3n) is 9.44. The highest BCUT2D eigenvalue weighted by Gasteiger charge is 2.40. The molecule has 11 heteroatoms. The van der Waals surface area contributed by atoms with Gasteiger partial charge in [-0.05, 0) is 89.7 Å². The van der Waals surface area contributed by atoms with Crippen molar-refractivity contribution in [3.05, 3.63) is 30.2 Å². The van der Waals surface area contributed by atoms with E-state index in [2.05, 4.69) is 27.8 Å². The second-order valence-electron chi connectivity index (χ2n) is 13.1. The monoisotopic (exact) mass is 576 g/mol. The van der Waals surface area contributed by atoms with Gasteiger partial charge in [-0.15, -0.1) is 5.10 Å². The number of pyridine rings is 1. The van der Waals surface area contributed by atoms with Gasteiger partial charge in [0.25, 0.3) is 0 Å². The lowest BCUT2D eigenvalue weighted by atomic mass is 9.75. The van der Waals surface area contributed by atoms with E-state index in [-0.39, 0.29) is 11.6 Å². The van der Waals surface area contributed by atoms with E-state index in [0.29, 0.717) is 6.54 Å². The largest absolute Gasteiger partial charge is 0.465 e. The second kappa shape index (κ2) is 11.3. The number of carboxylic acid groups (broad SMARTS) is 1. The highest BCUT2D eigenvalue weighted by atomic mass is 16.5. The van der Waals surface area contributed by atoms with Crippen LogP contribution in [-0.4, -0.2) is 79.2 Å². The van der Waals surface area contributed by atoms with Gasteiger partial charge in [-0.25, -0.2) is 19.4 Å². The lowest BCUT2D eigenvalue weighted by Gasteiger charge is -2.46. The summed E-state index contributed by atoms with van der Waals surface area (Å²) in [6.45, 7) is 11.8. The van der Waals surface area contributed by atoms with Gasteiger partial charge in [0.1, 0.15) is 5.82 Å². The van der Waals surface area contributed by atoms with Crippen molar-refractivity contribution < 1.29 is 14.6 Å². The summed E-state index contributed by atoms with van der Waals surface area (Å²) in [4.78, 5) is 33.0. The Balaban J connectivity index is 1.30. The van der Waals surface area contributed by atoms with E-state index in [9.17, 15) is 9.90 Å². The standard InChI is InChI=1S/C31H44N8O3/c1-5-31(21-38(29(40)41)30(2,3)4)13-17-36(18-14-31)24-20-33-26-27(34-24)39(25-12-6-7-19-42-25)35-28(26)37-16-9-10-22-23(37)11-8-15-32-22/h8,11,15,20,25H,5-7,9-10,12-14,16-19,21H2,1-4H3,(H,40,41). The number of nitrogens with zero attached hydrogens (tertiary/aromatic N) is 8. The first-order valence-corrected chi connectivity index (χ1v) is 15.5. The zero-order valence-electron chi connectivity index (χ0n) is 25.4. The van der Waals surface area contributed by atoms with Gasteiger partial charge in [0.15, 0.2) is 23.2 Å². The van der Waals surface area contributed by atoms with Gasteiger partial charge in [-0.1, -0.05) is 6.92 Å². The van der Waals surface area contributed by atoms with Gasteiger partial charge in [-0.3, -0.25) is 4.98 Å². The number of carbonyl (C=O) groups is 1. The molecule has 226 valence electrons. The highest BCUT2D eigenvalue weighted by Crippen LogP contribution is 2.40. The number of aryl methyl sites for hydroxylation is 1. The molecule has 2 saturated heterocycles. The van der Waals surface area contributed by atoms with Gasteiger partial charge < -0.3 is 24.5 Å². The van der Waals surface area contributed by atoms with Crippen molar-refractivity contribution in [3.63, 3.8) is 0 Å². The number of rotatable bonds is 6. The number of hydrogen-bond donors (Lipinski definition) is 1. The molecular weight excluding hydrogens is 532 g/mol. The predicted octanol–water partition coefficient (Wildman–Crippen LogP) is 5.78. The number of piperidine rings is 1. The molecule has 0 radical (unpaired) electrons. The number of anilines is 3. The number of fused-ring (bicyclic) bond motifs is 2. The topological polar surface area (TPSA) is 113 Å². The normalized spacial score (nSPS) is 20.9. The van der Waals surface area contributed by atoms with E-state index < -0.39 is 11.6 Å². The molecule has 42 heavy (non-hydrogen) atoms. The minimum Gasteiger partial charge on any atom is -0.465 e. The van der Waals surface area contributed by atoms with Crippen LogP contribution < -0.4 is 9.80 Å². The van der Waals surface area contributed by atoms with Gasteiger partial charge >= 0.3 is 6.09 Å². The molecule has 0 bridgehead atoms. The first-order valence-electron chi connectivity index (χ1n) is 15.5. The summed E-state index contributed by atoms with van der Waals surface area (Å²) in [6, 6.07) is 4.10. The fraction of sp³-hybridized carbons (Fsp3) is 0.645. The fourth-order valence-electron chi connectivity index (χ4n) is 6.71. The predicted molar refractivity (Wildman–Crippen MR) is 162 cm³/mol. The zero-order chi connectivity index (χ0) is 29.5. The average Bonchev–Trinajstić information content (AvgIpc) is 3.38. The average molecular weight is 577 g/mol. The van der Waals surface area contributed by atoms with Crippen LogP contribution in [0.15, 0.2) is 24.5 Å². The number of amides is 1. The van der Waals surface area contributed by atoms with E-state index in [1.807, 2.05) is 43.9 Å². The van der Waals surface area contributed by atoms with E-state index in [1.165, 1.54) is 0 Å². The van der Waals surface area contributed by atoms with E-state index in [0.717, 1.165) is 112 Å². The zero-order valence-corrected chi connectivity index (χ0v) is 25.4. The van der Waals surface area contributed by atoms with Crippen LogP contribution >= 0.6 is 0 Å². The SMILES string of the molecule is CCC1(CN(C(=O)O)C(C)(C)C)CCN(c2cnc3c(N4CCCc5ncccc54)nn(C4CCCCO4)c3n2)CC1. The number of hydrogen-bond acceptors (Lipinski definition) is 8. The molecule has 11 nitrogen and oxygen atoms in total. The van der Waals surface area contributed by atoms with Crippen LogP contribution in [0.4, 0.5) is 22.1 Å². The van der Waals surface area contributed by atoms with Gasteiger partial charge in [-0.2, -0.15) is 0 Å². The highest BCUT2D eigenvalue weighted by molar-refractivity contribution is 5.88. The van der Waals surface area contributed by atoms with Crippen LogP contribution in [0.5, 0.6) is 0 Å². The van der Waals surface area contributed by atoms with Crippen molar-refractivity contribution in [2.45, 2.75) is 90.8 Å². The molecule has 3 aromatic heterocycles. The molecule has 1 unspecified atom stereocenters. The molecule has 3 aliphatic rings. The molecule has 6 heterocycles. The molecule has 3 aliphatic heterocycles. The van der Waals surface area contributed by atoms with E-state index in [1.54, 1.807) is 4.90 Å². The Morgan fingerprint density at radius 1 is 1.17 bits per heavy atom. The van der Waals surface area contributed by atoms with E-state index >= 15 is 0 Å².